The van der Waals surface area contributed by atoms with Crippen LogP contribution in [-0.2, 0) is 6.42 Å². The third-order valence-corrected chi connectivity index (χ3v) is 2.96. The average molecular weight is 196 g/mol. The van der Waals surface area contributed by atoms with Crippen LogP contribution in [0.25, 0.3) is 0 Å². The van der Waals surface area contributed by atoms with E-state index in [1.807, 2.05) is 19.1 Å². The van der Waals surface area contributed by atoms with Crippen LogP contribution in [0.4, 0.5) is 0 Å². The quantitative estimate of drug-likeness (QED) is 0.747. The molecule has 0 amide bonds. The van der Waals surface area contributed by atoms with Crippen molar-refractivity contribution >= 4 is 11.8 Å². The molecule has 1 aromatic carbocycles. The second-order valence-electron chi connectivity index (χ2n) is 3.08. The Hall–Kier alpha value is -0.470. The Morgan fingerprint density at radius 1 is 1.38 bits per heavy atom. The second-order valence-corrected chi connectivity index (χ2v) is 3.93. The molecule has 0 heterocycles. The number of thioether (sulfide) groups is 1. The topological polar surface area (TPSA) is 20.2 Å². The summed E-state index contributed by atoms with van der Waals surface area (Å²) in [5.41, 5.74) is 1.25. The average Bonchev–Trinajstić information content (AvgIpc) is 2.18. The fraction of sp³-hybridized carbons (Fsp3) is 0.455. The molecule has 1 unspecified atom stereocenters. The molecular formula is C11H16OS. The number of hydrogen-bond acceptors (Lipinski definition) is 2. The molecule has 0 aliphatic rings. The highest BCUT2D eigenvalue weighted by Crippen LogP contribution is 2.21. The Labute approximate surface area is 84.2 Å². The minimum atomic E-state index is -0.201. The molecule has 13 heavy (non-hydrogen) atoms. The summed E-state index contributed by atoms with van der Waals surface area (Å²) in [6.07, 6.45) is 3.46. The van der Waals surface area contributed by atoms with Crippen molar-refractivity contribution in [2.75, 3.05) is 6.26 Å². The van der Waals surface area contributed by atoms with Crippen molar-refractivity contribution in [1.29, 1.82) is 0 Å². The zero-order valence-electron chi connectivity index (χ0n) is 8.16. The van der Waals surface area contributed by atoms with Crippen molar-refractivity contribution in [3.63, 3.8) is 0 Å². The minimum Gasteiger partial charge on any atom is -0.393 e. The van der Waals surface area contributed by atoms with E-state index in [4.69, 9.17) is 0 Å². The monoisotopic (exact) mass is 196 g/mol. The molecule has 2 heteroatoms. The maximum absolute atomic E-state index is 9.52. The zero-order chi connectivity index (χ0) is 9.68. The van der Waals surface area contributed by atoms with Crippen molar-refractivity contribution in [1.82, 2.24) is 0 Å². The number of aliphatic hydroxyl groups excluding tert-OH is 1. The summed E-state index contributed by atoms with van der Waals surface area (Å²) < 4.78 is 0. The van der Waals surface area contributed by atoms with Gasteiger partial charge in [-0.3, -0.25) is 0 Å². The summed E-state index contributed by atoms with van der Waals surface area (Å²) in [5.74, 6) is 0. The SMILES string of the molecule is CCC(O)Cc1ccccc1SC. The van der Waals surface area contributed by atoms with Gasteiger partial charge in [0.1, 0.15) is 0 Å². The lowest BCUT2D eigenvalue weighted by Gasteiger charge is -2.10. The molecule has 0 aliphatic heterocycles. The Morgan fingerprint density at radius 2 is 2.08 bits per heavy atom. The van der Waals surface area contributed by atoms with Crippen LogP contribution in [0.5, 0.6) is 0 Å². The zero-order valence-corrected chi connectivity index (χ0v) is 8.97. The van der Waals surface area contributed by atoms with E-state index >= 15 is 0 Å². The molecule has 72 valence electrons. The molecule has 0 saturated carbocycles. The molecule has 0 spiro atoms. The van der Waals surface area contributed by atoms with E-state index in [9.17, 15) is 5.11 Å². The Bertz CT molecular complexity index is 260. The number of rotatable bonds is 4. The fourth-order valence-electron chi connectivity index (χ4n) is 1.27. The van der Waals surface area contributed by atoms with Gasteiger partial charge >= 0.3 is 0 Å². The van der Waals surface area contributed by atoms with E-state index in [1.165, 1.54) is 10.5 Å². The van der Waals surface area contributed by atoms with Crippen molar-refractivity contribution in [2.24, 2.45) is 0 Å². The molecule has 1 aromatic rings. The van der Waals surface area contributed by atoms with Crippen molar-refractivity contribution in [3.05, 3.63) is 29.8 Å². The summed E-state index contributed by atoms with van der Waals surface area (Å²) in [6.45, 7) is 2.01. The Kier molecular flexibility index (Phi) is 4.33. The van der Waals surface area contributed by atoms with Gasteiger partial charge in [-0.05, 0) is 30.7 Å². The van der Waals surface area contributed by atoms with E-state index in [-0.39, 0.29) is 6.10 Å². The first-order valence-corrected chi connectivity index (χ1v) is 5.80. The fourth-order valence-corrected chi connectivity index (χ4v) is 1.90. The third kappa shape index (κ3) is 3.05. The molecule has 1 rings (SSSR count). The van der Waals surface area contributed by atoms with Crippen LogP contribution in [0.1, 0.15) is 18.9 Å². The largest absolute Gasteiger partial charge is 0.393 e. The van der Waals surface area contributed by atoms with Gasteiger partial charge in [-0.2, -0.15) is 0 Å². The van der Waals surface area contributed by atoms with Crippen LogP contribution in [0, 0.1) is 0 Å². The van der Waals surface area contributed by atoms with Crippen LogP contribution < -0.4 is 0 Å². The van der Waals surface area contributed by atoms with Crippen LogP contribution in [-0.4, -0.2) is 17.5 Å². The van der Waals surface area contributed by atoms with Crippen molar-refractivity contribution in [3.8, 4) is 0 Å². The highest BCUT2D eigenvalue weighted by Gasteiger charge is 2.05. The van der Waals surface area contributed by atoms with Gasteiger partial charge in [0.15, 0.2) is 0 Å². The predicted octanol–water partition coefficient (Wildman–Crippen LogP) is 2.72. The molecule has 0 fully saturated rings. The molecule has 1 nitrogen and oxygen atoms in total. The van der Waals surface area contributed by atoms with Crippen LogP contribution in [0.3, 0.4) is 0 Å². The van der Waals surface area contributed by atoms with E-state index in [2.05, 4.69) is 18.4 Å². The third-order valence-electron chi connectivity index (χ3n) is 2.12. The standard InChI is InChI=1S/C11H16OS/c1-3-10(12)8-9-6-4-5-7-11(9)13-2/h4-7,10,12H,3,8H2,1-2H3. The lowest BCUT2D eigenvalue weighted by atomic mass is 10.1. The second kappa shape index (κ2) is 5.30. The summed E-state index contributed by atoms with van der Waals surface area (Å²) in [5, 5.41) is 9.52. The van der Waals surface area contributed by atoms with Gasteiger partial charge in [0.05, 0.1) is 6.10 Å². The highest BCUT2D eigenvalue weighted by atomic mass is 32.2. The molecule has 0 radical (unpaired) electrons. The first-order valence-electron chi connectivity index (χ1n) is 4.58. The highest BCUT2D eigenvalue weighted by molar-refractivity contribution is 7.98. The van der Waals surface area contributed by atoms with Crippen LogP contribution in [0.2, 0.25) is 0 Å². The summed E-state index contributed by atoms with van der Waals surface area (Å²) in [4.78, 5) is 1.27. The van der Waals surface area contributed by atoms with E-state index < -0.39 is 0 Å². The van der Waals surface area contributed by atoms with Gasteiger partial charge < -0.3 is 5.11 Å². The summed E-state index contributed by atoms with van der Waals surface area (Å²) in [6, 6.07) is 8.25. The van der Waals surface area contributed by atoms with E-state index in [0.717, 1.165) is 12.8 Å². The van der Waals surface area contributed by atoms with Crippen molar-refractivity contribution < 1.29 is 5.11 Å². The molecule has 1 atom stereocenters. The first-order chi connectivity index (χ1) is 6.27. The maximum Gasteiger partial charge on any atom is 0.0578 e. The van der Waals surface area contributed by atoms with Gasteiger partial charge in [0, 0.05) is 4.90 Å². The Morgan fingerprint density at radius 3 is 2.69 bits per heavy atom. The number of aliphatic hydroxyl groups is 1. The van der Waals surface area contributed by atoms with Gasteiger partial charge in [-0.1, -0.05) is 25.1 Å². The Balaban J connectivity index is 2.74. The minimum absolute atomic E-state index is 0.201. The van der Waals surface area contributed by atoms with Gasteiger partial charge in [-0.15, -0.1) is 11.8 Å². The molecule has 0 aromatic heterocycles. The molecule has 0 aliphatic carbocycles. The summed E-state index contributed by atoms with van der Waals surface area (Å²) >= 11 is 1.74. The molecular weight excluding hydrogens is 180 g/mol. The lowest BCUT2D eigenvalue weighted by Crippen LogP contribution is -2.08. The molecule has 0 bridgehead atoms. The smallest absolute Gasteiger partial charge is 0.0578 e. The number of benzene rings is 1. The van der Waals surface area contributed by atoms with Crippen LogP contribution >= 0.6 is 11.8 Å². The summed E-state index contributed by atoms with van der Waals surface area (Å²) in [7, 11) is 0. The van der Waals surface area contributed by atoms with Crippen LogP contribution in [0.15, 0.2) is 29.2 Å². The van der Waals surface area contributed by atoms with Gasteiger partial charge in [-0.25, -0.2) is 0 Å². The van der Waals surface area contributed by atoms with Crippen molar-refractivity contribution in [2.45, 2.75) is 30.8 Å². The van der Waals surface area contributed by atoms with E-state index in [1.54, 1.807) is 11.8 Å². The number of hydrogen-bond donors (Lipinski definition) is 1. The molecule has 1 N–H and O–H groups in total. The lowest BCUT2D eigenvalue weighted by molar-refractivity contribution is 0.170. The first kappa shape index (κ1) is 10.6. The van der Waals surface area contributed by atoms with E-state index in [0.29, 0.717) is 0 Å². The predicted molar refractivity (Wildman–Crippen MR) is 58.2 cm³/mol. The normalized spacial score (nSPS) is 12.8. The maximum atomic E-state index is 9.52. The molecule has 0 saturated heterocycles. The van der Waals surface area contributed by atoms with Gasteiger partial charge in [0.25, 0.3) is 0 Å². The van der Waals surface area contributed by atoms with Gasteiger partial charge in [0.2, 0.25) is 0 Å².